The molecule has 0 saturated heterocycles. The summed E-state index contributed by atoms with van der Waals surface area (Å²) in [6.07, 6.45) is 53.7. The highest BCUT2D eigenvalue weighted by atomic mass is 16.6. The number of unbranched alkanes of at least 4 members (excludes halogenated alkanes) is 39. The Kier molecular flexibility index (Phi) is 48.7. The maximum Gasteiger partial charge on any atom is 0.306 e. The number of esters is 3. The highest BCUT2D eigenvalue weighted by Gasteiger charge is 2.19. The van der Waals surface area contributed by atoms with Crippen molar-refractivity contribution in [3.05, 3.63) is 0 Å². The van der Waals surface area contributed by atoms with E-state index in [0.29, 0.717) is 19.3 Å². The summed E-state index contributed by atoms with van der Waals surface area (Å²) in [4.78, 5) is 37.9. The van der Waals surface area contributed by atoms with E-state index < -0.39 is 6.10 Å². The summed E-state index contributed by atoms with van der Waals surface area (Å²) in [6.45, 7) is 6.68. The van der Waals surface area contributed by atoms with Gasteiger partial charge in [0.25, 0.3) is 0 Å². The van der Waals surface area contributed by atoms with Gasteiger partial charge in [-0.3, -0.25) is 14.4 Å². The Morgan fingerprint density at radius 1 is 0.267 bits per heavy atom. The van der Waals surface area contributed by atoms with Crippen LogP contribution < -0.4 is 0 Å². The Hall–Kier alpha value is -1.59. The molecule has 0 aliphatic carbocycles. The van der Waals surface area contributed by atoms with Gasteiger partial charge in [-0.1, -0.05) is 271 Å². The molecule has 60 heavy (non-hydrogen) atoms. The van der Waals surface area contributed by atoms with Gasteiger partial charge in [-0.15, -0.1) is 0 Å². The summed E-state index contributed by atoms with van der Waals surface area (Å²) >= 11 is 0. The van der Waals surface area contributed by atoms with Crippen LogP contribution >= 0.6 is 0 Å². The third kappa shape index (κ3) is 47.5. The largest absolute Gasteiger partial charge is 0.462 e. The van der Waals surface area contributed by atoms with E-state index in [1.165, 1.54) is 212 Å². The second-order valence-electron chi connectivity index (χ2n) is 18.5. The number of hydrogen-bond donors (Lipinski definition) is 0. The maximum absolute atomic E-state index is 12.8. The highest BCUT2D eigenvalue weighted by molar-refractivity contribution is 5.71. The fourth-order valence-electron chi connectivity index (χ4n) is 8.27. The average Bonchev–Trinajstić information content (AvgIpc) is 3.24. The lowest BCUT2D eigenvalue weighted by Gasteiger charge is -2.18. The number of rotatable bonds is 50. The lowest BCUT2D eigenvalue weighted by atomic mass is 10.0. The molecule has 356 valence electrons. The molecular formula is C54H104O6. The van der Waals surface area contributed by atoms with Crippen LogP contribution in [0.5, 0.6) is 0 Å². The van der Waals surface area contributed by atoms with Crippen molar-refractivity contribution in [2.75, 3.05) is 13.2 Å². The van der Waals surface area contributed by atoms with E-state index in [1.807, 2.05) is 0 Å². The van der Waals surface area contributed by atoms with E-state index in [4.69, 9.17) is 14.2 Å². The smallest absolute Gasteiger partial charge is 0.306 e. The van der Waals surface area contributed by atoms with E-state index in [-0.39, 0.29) is 31.1 Å². The molecule has 0 saturated carbocycles. The lowest BCUT2D eigenvalue weighted by molar-refractivity contribution is -0.167. The van der Waals surface area contributed by atoms with Crippen molar-refractivity contribution in [2.24, 2.45) is 0 Å². The van der Waals surface area contributed by atoms with Gasteiger partial charge in [0.05, 0.1) is 0 Å². The van der Waals surface area contributed by atoms with Crippen LogP contribution in [0.25, 0.3) is 0 Å². The topological polar surface area (TPSA) is 78.9 Å². The van der Waals surface area contributed by atoms with Crippen molar-refractivity contribution in [1.82, 2.24) is 0 Å². The molecule has 0 aromatic heterocycles. The van der Waals surface area contributed by atoms with Gasteiger partial charge in [0.15, 0.2) is 6.10 Å². The molecule has 6 nitrogen and oxygen atoms in total. The molecule has 0 heterocycles. The fraction of sp³-hybridized carbons (Fsp3) is 0.944. The Morgan fingerprint density at radius 2 is 0.450 bits per heavy atom. The van der Waals surface area contributed by atoms with Crippen molar-refractivity contribution in [3.63, 3.8) is 0 Å². The van der Waals surface area contributed by atoms with Crippen molar-refractivity contribution < 1.29 is 28.6 Å². The average molecular weight is 849 g/mol. The molecule has 0 aromatic carbocycles. The van der Waals surface area contributed by atoms with Gasteiger partial charge in [0.2, 0.25) is 0 Å². The van der Waals surface area contributed by atoms with Crippen molar-refractivity contribution in [1.29, 1.82) is 0 Å². The van der Waals surface area contributed by atoms with E-state index >= 15 is 0 Å². The predicted molar refractivity (Wildman–Crippen MR) is 257 cm³/mol. The minimum atomic E-state index is -0.759. The second-order valence-corrected chi connectivity index (χ2v) is 18.5. The molecule has 0 aliphatic rings. The molecule has 0 amide bonds. The van der Waals surface area contributed by atoms with Crippen LogP contribution in [0.15, 0.2) is 0 Å². The van der Waals surface area contributed by atoms with Crippen LogP contribution in [0.3, 0.4) is 0 Å². The first-order valence-corrected chi connectivity index (χ1v) is 27.0. The molecule has 0 radical (unpaired) electrons. The van der Waals surface area contributed by atoms with Crippen LogP contribution in [0, 0.1) is 0 Å². The quantitative estimate of drug-likeness (QED) is 0.0345. The summed E-state index contributed by atoms with van der Waals surface area (Å²) in [5.74, 6) is -0.839. The van der Waals surface area contributed by atoms with E-state index in [9.17, 15) is 14.4 Å². The van der Waals surface area contributed by atoms with E-state index in [0.717, 1.165) is 57.8 Å². The molecule has 6 heteroatoms. The number of carbonyl (C=O) groups excluding carboxylic acids is 3. The summed E-state index contributed by atoms with van der Waals surface area (Å²) < 4.78 is 16.8. The third-order valence-corrected chi connectivity index (χ3v) is 12.4. The molecule has 0 unspecified atom stereocenters. The highest BCUT2D eigenvalue weighted by Crippen LogP contribution is 2.17. The van der Waals surface area contributed by atoms with Gasteiger partial charge >= 0.3 is 17.9 Å². The number of ether oxygens (including phenoxy) is 3. The molecule has 0 N–H and O–H groups in total. The van der Waals surface area contributed by atoms with Gasteiger partial charge in [0.1, 0.15) is 13.2 Å². The van der Waals surface area contributed by atoms with Gasteiger partial charge in [0, 0.05) is 19.3 Å². The SMILES string of the molecule is CCCCCCCCCCCCCCCCCCCCC(=O)OC[C@H](COC(=O)CCCCCCCCCCCCCCC)OC(=O)CCCCCCCCCCCCC. The normalized spacial score (nSPS) is 11.8. The van der Waals surface area contributed by atoms with Gasteiger partial charge < -0.3 is 14.2 Å². The van der Waals surface area contributed by atoms with Crippen LogP contribution in [0.2, 0.25) is 0 Å². The minimum Gasteiger partial charge on any atom is -0.462 e. The number of carbonyl (C=O) groups is 3. The second kappa shape index (κ2) is 50.1. The molecule has 0 spiro atoms. The van der Waals surface area contributed by atoms with Crippen LogP contribution in [-0.4, -0.2) is 37.2 Å². The lowest BCUT2D eigenvalue weighted by Crippen LogP contribution is -2.30. The van der Waals surface area contributed by atoms with E-state index in [1.54, 1.807) is 0 Å². The zero-order valence-corrected chi connectivity index (χ0v) is 40.8. The number of hydrogen-bond acceptors (Lipinski definition) is 6. The summed E-state index contributed by atoms with van der Waals surface area (Å²) in [5, 5.41) is 0. The molecule has 1 atom stereocenters. The molecule has 0 rings (SSSR count). The summed E-state index contributed by atoms with van der Waals surface area (Å²) in [6, 6.07) is 0. The molecular weight excluding hydrogens is 745 g/mol. The Morgan fingerprint density at radius 3 is 0.667 bits per heavy atom. The zero-order chi connectivity index (χ0) is 43.7. The van der Waals surface area contributed by atoms with Crippen molar-refractivity contribution in [2.45, 2.75) is 316 Å². The van der Waals surface area contributed by atoms with Gasteiger partial charge in [-0.05, 0) is 19.3 Å². The third-order valence-electron chi connectivity index (χ3n) is 12.4. The minimum absolute atomic E-state index is 0.0616. The van der Waals surface area contributed by atoms with E-state index in [2.05, 4.69) is 20.8 Å². The summed E-state index contributed by atoms with van der Waals surface area (Å²) in [5.41, 5.74) is 0. The Bertz CT molecular complexity index is 889. The first-order chi connectivity index (χ1) is 29.5. The fourth-order valence-corrected chi connectivity index (χ4v) is 8.27. The first kappa shape index (κ1) is 58.4. The van der Waals surface area contributed by atoms with Gasteiger partial charge in [-0.25, -0.2) is 0 Å². The van der Waals surface area contributed by atoms with Crippen LogP contribution in [0.4, 0.5) is 0 Å². The Balaban J connectivity index is 4.24. The maximum atomic E-state index is 12.8. The standard InChI is InChI=1S/C54H104O6/c1-4-7-10-13-16-19-22-24-25-26-27-28-30-33-35-38-41-44-47-53(56)59-50-51(60-54(57)48-45-42-39-36-31-21-18-15-12-9-6-3)49-58-52(55)46-43-40-37-34-32-29-23-20-17-14-11-8-5-2/h51H,4-50H2,1-3H3/t51-/m0/s1. The van der Waals surface area contributed by atoms with Crippen molar-refractivity contribution >= 4 is 17.9 Å². The zero-order valence-electron chi connectivity index (χ0n) is 40.8. The molecule has 0 bridgehead atoms. The Labute approximate surface area is 374 Å². The summed E-state index contributed by atoms with van der Waals surface area (Å²) in [7, 11) is 0. The monoisotopic (exact) mass is 849 g/mol. The predicted octanol–water partition coefficient (Wildman–Crippen LogP) is 17.6. The van der Waals surface area contributed by atoms with Gasteiger partial charge in [-0.2, -0.15) is 0 Å². The molecule has 0 aliphatic heterocycles. The van der Waals surface area contributed by atoms with Crippen LogP contribution in [0.1, 0.15) is 310 Å². The van der Waals surface area contributed by atoms with Crippen molar-refractivity contribution in [3.8, 4) is 0 Å². The molecule has 0 fully saturated rings. The molecule has 0 aromatic rings. The first-order valence-electron chi connectivity index (χ1n) is 27.0. The van der Waals surface area contributed by atoms with Crippen LogP contribution in [-0.2, 0) is 28.6 Å².